The molecular formula is C20H15NiO3PS2. The summed E-state index contributed by atoms with van der Waals surface area (Å²) in [7, 11) is -5.40. The predicted molar refractivity (Wildman–Crippen MR) is 110 cm³/mol. The molecule has 0 bridgehead atoms. The van der Waals surface area contributed by atoms with E-state index >= 15 is 0 Å². The van der Waals surface area contributed by atoms with Crippen molar-refractivity contribution >= 4 is 54.7 Å². The molecule has 0 fully saturated rings. The molecule has 4 aromatic rings. The molecule has 7 heteroatoms. The van der Waals surface area contributed by atoms with E-state index in [2.05, 4.69) is 18.2 Å². The SMILES string of the molecule is O=S(=O)(O)c1ccccc1P(c1ccccc1)c1cc2ccccc2s1.[Ni]. The van der Waals surface area contributed by atoms with Crippen LogP contribution in [0.3, 0.4) is 0 Å². The fourth-order valence-corrected chi connectivity index (χ4v) is 8.22. The van der Waals surface area contributed by atoms with Gasteiger partial charge in [0.25, 0.3) is 10.1 Å². The predicted octanol–water partition coefficient (Wildman–Crippen LogP) is 3.90. The summed E-state index contributed by atoms with van der Waals surface area (Å²) in [5, 5.41) is 2.83. The van der Waals surface area contributed by atoms with Gasteiger partial charge in [-0.3, -0.25) is 4.55 Å². The van der Waals surface area contributed by atoms with Gasteiger partial charge in [-0.1, -0.05) is 66.7 Å². The maximum absolute atomic E-state index is 12.0. The Bertz CT molecular complexity index is 1140. The van der Waals surface area contributed by atoms with Crippen molar-refractivity contribution in [1.29, 1.82) is 0 Å². The maximum atomic E-state index is 12.0. The zero-order chi connectivity index (χ0) is 18.1. The second-order valence-corrected chi connectivity index (χ2v) is 10.7. The Labute approximate surface area is 173 Å². The molecule has 1 N–H and O–H groups in total. The third-order valence-electron chi connectivity index (χ3n) is 4.03. The fourth-order valence-electron chi connectivity index (χ4n) is 2.90. The summed E-state index contributed by atoms with van der Waals surface area (Å²) in [5.41, 5.74) is 0. The molecule has 1 aromatic heterocycles. The van der Waals surface area contributed by atoms with E-state index in [0.717, 1.165) is 20.0 Å². The molecule has 0 saturated carbocycles. The Morgan fingerprint density at radius 3 is 2.15 bits per heavy atom. The topological polar surface area (TPSA) is 54.4 Å². The van der Waals surface area contributed by atoms with Gasteiger partial charge in [-0.2, -0.15) is 8.42 Å². The van der Waals surface area contributed by atoms with E-state index in [9.17, 15) is 13.0 Å². The van der Waals surface area contributed by atoms with E-state index in [1.807, 2.05) is 48.5 Å². The van der Waals surface area contributed by atoms with Crippen molar-refractivity contribution in [3.8, 4) is 0 Å². The molecule has 27 heavy (non-hydrogen) atoms. The molecule has 0 aliphatic carbocycles. The quantitative estimate of drug-likeness (QED) is 0.288. The summed E-state index contributed by atoms with van der Waals surface area (Å²) in [6.07, 6.45) is 0. The van der Waals surface area contributed by atoms with E-state index in [-0.39, 0.29) is 21.4 Å². The van der Waals surface area contributed by atoms with Crippen molar-refractivity contribution in [3.05, 3.63) is 84.9 Å². The molecule has 1 heterocycles. The molecule has 0 aliphatic rings. The average molecular weight is 457 g/mol. The van der Waals surface area contributed by atoms with Crippen LogP contribution >= 0.6 is 19.3 Å². The van der Waals surface area contributed by atoms with Crippen molar-refractivity contribution in [1.82, 2.24) is 0 Å². The van der Waals surface area contributed by atoms with Gasteiger partial charge in [0.15, 0.2) is 0 Å². The fraction of sp³-hybridized carbons (Fsp3) is 0. The third-order valence-corrected chi connectivity index (χ3v) is 9.09. The Kier molecular flexibility index (Phi) is 6.15. The van der Waals surface area contributed by atoms with Crippen LogP contribution in [0, 0.1) is 0 Å². The van der Waals surface area contributed by atoms with Crippen molar-refractivity contribution in [2.75, 3.05) is 0 Å². The van der Waals surface area contributed by atoms with E-state index in [4.69, 9.17) is 0 Å². The van der Waals surface area contributed by atoms with E-state index < -0.39 is 18.0 Å². The van der Waals surface area contributed by atoms with Crippen molar-refractivity contribution < 1.29 is 29.5 Å². The number of benzene rings is 3. The van der Waals surface area contributed by atoms with Crippen LogP contribution in [0.4, 0.5) is 0 Å². The van der Waals surface area contributed by atoms with Gasteiger partial charge in [0.2, 0.25) is 0 Å². The number of hydrogen-bond acceptors (Lipinski definition) is 3. The van der Waals surface area contributed by atoms with Crippen LogP contribution in [0.1, 0.15) is 0 Å². The zero-order valence-corrected chi connectivity index (χ0v) is 17.4. The standard InChI is InChI=1S/C20H15O3PS2.Ni/c21-26(22,23)19-13-7-5-11-17(19)24(16-9-2-1-3-10-16)20-14-15-8-4-6-12-18(15)25-20;/h1-14H,(H,21,22,23);. The van der Waals surface area contributed by atoms with Gasteiger partial charge in [-0.25, -0.2) is 0 Å². The van der Waals surface area contributed by atoms with Crippen LogP contribution in [-0.4, -0.2) is 13.0 Å². The average Bonchev–Trinajstić information content (AvgIpc) is 3.06. The number of thiophene rings is 1. The number of hydrogen-bond donors (Lipinski definition) is 1. The molecule has 0 radical (unpaired) electrons. The molecule has 0 amide bonds. The first-order valence-electron chi connectivity index (χ1n) is 7.94. The van der Waals surface area contributed by atoms with E-state index in [0.29, 0.717) is 5.30 Å². The summed E-state index contributed by atoms with van der Waals surface area (Å²) in [6.45, 7) is 0. The number of fused-ring (bicyclic) bond motifs is 1. The van der Waals surface area contributed by atoms with Gasteiger partial charge in [-0.05, 0) is 36.8 Å². The molecule has 0 spiro atoms. The first-order chi connectivity index (χ1) is 12.5. The Balaban J connectivity index is 0.00000210. The molecular weight excluding hydrogens is 442 g/mol. The Hall–Kier alpha value is -1.55. The normalized spacial score (nSPS) is 12.5. The molecule has 3 aromatic carbocycles. The molecule has 0 aliphatic heterocycles. The van der Waals surface area contributed by atoms with Crippen LogP contribution in [0.5, 0.6) is 0 Å². The van der Waals surface area contributed by atoms with Crippen LogP contribution < -0.4 is 15.2 Å². The van der Waals surface area contributed by atoms with Crippen molar-refractivity contribution in [2.45, 2.75) is 4.90 Å². The van der Waals surface area contributed by atoms with E-state index in [1.54, 1.807) is 23.5 Å². The molecule has 1 atom stereocenters. The van der Waals surface area contributed by atoms with Crippen LogP contribution in [0.15, 0.2) is 89.8 Å². The summed E-state index contributed by atoms with van der Waals surface area (Å²) in [6, 6.07) is 26.8. The molecule has 140 valence electrons. The first-order valence-corrected chi connectivity index (χ1v) is 11.5. The minimum Gasteiger partial charge on any atom is -0.282 e. The monoisotopic (exact) mass is 456 g/mol. The van der Waals surface area contributed by atoms with Gasteiger partial charge >= 0.3 is 0 Å². The van der Waals surface area contributed by atoms with Crippen molar-refractivity contribution in [2.24, 2.45) is 0 Å². The second-order valence-electron chi connectivity index (χ2n) is 5.74. The third kappa shape index (κ3) is 4.16. The summed E-state index contributed by atoms with van der Waals surface area (Å²) in [5.74, 6) is 0. The molecule has 1 unspecified atom stereocenters. The van der Waals surface area contributed by atoms with Gasteiger partial charge in [0.1, 0.15) is 4.90 Å². The van der Waals surface area contributed by atoms with E-state index in [1.165, 1.54) is 6.07 Å². The number of rotatable bonds is 4. The Morgan fingerprint density at radius 1 is 0.815 bits per heavy atom. The zero-order valence-electron chi connectivity index (χ0n) is 13.9. The summed E-state index contributed by atoms with van der Waals surface area (Å²) < 4.78 is 35.9. The van der Waals surface area contributed by atoms with Gasteiger partial charge < -0.3 is 0 Å². The summed E-state index contributed by atoms with van der Waals surface area (Å²) in [4.78, 5) is -0.0209. The largest absolute Gasteiger partial charge is 0.295 e. The van der Waals surface area contributed by atoms with Crippen LogP contribution in [0.25, 0.3) is 10.1 Å². The first kappa shape index (κ1) is 20.2. The van der Waals surface area contributed by atoms with Crippen LogP contribution in [0.2, 0.25) is 0 Å². The minimum absolute atomic E-state index is 0. The molecule has 0 saturated heterocycles. The Morgan fingerprint density at radius 2 is 1.44 bits per heavy atom. The second kappa shape index (κ2) is 8.22. The van der Waals surface area contributed by atoms with Gasteiger partial charge in [0, 0.05) is 31.1 Å². The van der Waals surface area contributed by atoms with Gasteiger partial charge in [-0.15, -0.1) is 11.3 Å². The summed E-state index contributed by atoms with van der Waals surface area (Å²) >= 11 is 1.67. The minimum atomic E-state index is -4.30. The maximum Gasteiger partial charge on any atom is 0.295 e. The molecule has 4 rings (SSSR count). The smallest absolute Gasteiger partial charge is 0.282 e. The van der Waals surface area contributed by atoms with Crippen LogP contribution in [-0.2, 0) is 26.6 Å². The molecule has 3 nitrogen and oxygen atoms in total. The van der Waals surface area contributed by atoms with Gasteiger partial charge in [0.05, 0.1) is 0 Å². The van der Waals surface area contributed by atoms with Crippen molar-refractivity contribution in [3.63, 3.8) is 0 Å².